The summed E-state index contributed by atoms with van der Waals surface area (Å²) in [6.45, 7) is 6.87. The Bertz CT molecular complexity index is 528. The number of amides is 1. The van der Waals surface area contributed by atoms with E-state index in [1.54, 1.807) is 19.2 Å². The van der Waals surface area contributed by atoms with Gasteiger partial charge in [0.15, 0.2) is 0 Å². The molecular formula is C18H26ClNO2. The number of hydrogen-bond donors (Lipinski definition) is 1. The minimum absolute atomic E-state index is 0.105. The molecule has 1 amide bonds. The molecule has 122 valence electrons. The number of anilines is 1. The average Bonchev–Trinajstić information content (AvgIpc) is 2.46. The van der Waals surface area contributed by atoms with Crippen molar-refractivity contribution in [2.45, 2.75) is 46.5 Å². The van der Waals surface area contributed by atoms with E-state index in [0.29, 0.717) is 22.1 Å². The van der Waals surface area contributed by atoms with Crippen molar-refractivity contribution in [3.05, 3.63) is 23.2 Å². The molecule has 1 saturated carbocycles. The number of methoxy groups -OCH3 is 1. The number of carbonyl (C=O) groups is 1. The first-order valence-corrected chi connectivity index (χ1v) is 8.33. The summed E-state index contributed by atoms with van der Waals surface area (Å²) < 4.78 is 5.12. The third kappa shape index (κ3) is 4.16. The first-order valence-electron chi connectivity index (χ1n) is 7.95. The van der Waals surface area contributed by atoms with Gasteiger partial charge in [-0.2, -0.15) is 0 Å². The molecule has 1 aromatic carbocycles. The van der Waals surface area contributed by atoms with Crippen molar-refractivity contribution in [1.82, 2.24) is 0 Å². The molecule has 1 aliphatic carbocycles. The van der Waals surface area contributed by atoms with Crippen molar-refractivity contribution in [3.63, 3.8) is 0 Å². The Balaban J connectivity index is 1.92. The minimum Gasteiger partial charge on any atom is -0.495 e. The molecule has 0 bridgehead atoms. The molecule has 0 atom stereocenters. The van der Waals surface area contributed by atoms with Gasteiger partial charge in [-0.1, -0.05) is 32.4 Å². The van der Waals surface area contributed by atoms with Crippen LogP contribution in [0.1, 0.15) is 46.5 Å². The fourth-order valence-corrected chi connectivity index (χ4v) is 3.47. The van der Waals surface area contributed by atoms with Gasteiger partial charge in [-0.25, -0.2) is 0 Å². The fraction of sp³-hybridized carbons (Fsp3) is 0.611. The van der Waals surface area contributed by atoms with E-state index < -0.39 is 0 Å². The van der Waals surface area contributed by atoms with Gasteiger partial charge in [0.25, 0.3) is 0 Å². The summed E-state index contributed by atoms with van der Waals surface area (Å²) in [6, 6.07) is 5.33. The van der Waals surface area contributed by atoms with Gasteiger partial charge in [0.2, 0.25) is 5.91 Å². The molecule has 1 aromatic rings. The van der Waals surface area contributed by atoms with Gasteiger partial charge < -0.3 is 10.1 Å². The van der Waals surface area contributed by atoms with E-state index in [9.17, 15) is 4.79 Å². The van der Waals surface area contributed by atoms with Crippen LogP contribution in [-0.4, -0.2) is 13.0 Å². The molecule has 4 heteroatoms. The summed E-state index contributed by atoms with van der Waals surface area (Å²) in [7, 11) is 1.58. The second-order valence-electron chi connectivity index (χ2n) is 7.25. The maximum Gasteiger partial charge on any atom is 0.227 e. The van der Waals surface area contributed by atoms with Gasteiger partial charge >= 0.3 is 0 Å². The lowest BCUT2D eigenvalue weighted by Gasteiger charge is -2.36. The fourth-order valence-electron chi connectivity index (χ4n) is 3.21. The van der Waals surface area contributed by atoms with E-state index in [-0.39, 0.29) is 11.8 Å². The third-order valence-corrected chi connectivity index (χ3v) is 5.04. The van der Waals surface area contributed by atoms with Crippen LogP contribution in [0.4, 0.5) is 5.69 Å². The van der Waals surface area contributed by atoms with Crippen molar-refractivity contribution in [2.75, 3.05) is 12.4 Å². The molecular weight excluding hydrogens is 298 g/mol. The van der Waals surface area contributed by atoms with Crippen LogP contribution in [0.15, 0.2) is 18.2 Å². The number of carbonyl (C=O) groups excluding carboxylic acids is 1. The lowest BCUT2D eigenvalue weighted by Crippen LogP contribution is -2.31. The van der Waals surface area contributed by atoms with E-state index in [2.05, 4.69) is 26.1 Å². The number of halogens is 1. The summed E-state index contributed by atoms with van der Waals surface area (Å²) in [5, 5.41) is 3.49. The number of benzene rings is 1. The molecule has 1 aliphatic rings. The van der Waals surface area contributed by atoms with E-state index in [4.69, 9.17) is 16.3 Å². The Kier molecular flexibility index (Phi) is 5.38. The van der Waals surface area contributed by atoms with E-state index >= 15 is 0 Å². The highest BCUT2D eigenvalue weighted by Crippen LogP contribution is 2.40. The van der Waals surface area contributed by atoms with Gasteiger partial charge in [0, 0.05) is 11.6 Å². The Morgan fingerprint density at radius 2 is 1.86 bits per heavy atom. The van der Waals surface area contributed by atoms with Crippen molar-refractivity contribution >= 4 is 23.2 Å². The number of ether oxygens (including phenoxy) is 1. The highest BCUT2D eigenvalue weighted by atomic mass is 35.5. The zero-order valence-corrected chi connectivity index (χ0v) is 14.7. The molecule has 1 fully saturated rings. The molecule has 0 saturated heterocycles. The average molecular weight is 324 g/mol. The minimum atomic E-state index is 0.105. The summed E-state index contributed by atoms with van der Waals surface area (Å²) in [5.41, 5.74) is 1.07. The Labute approximate surface area is 138 Å². The highest BCUT2D eigenvalue weighted by Gasteiger charge is 2.32. The summed E-state index contributed by atoms with van der Waals surface area (Å²) in [4.78, 5) is 12.4. The van der Waals surface area contributed by atoms with Gasteiger partial charge in [-0.15, -0.1) is 0 Å². The third-order valence-electron chi connectivity index (χ3n) is 4.74. The monoisotopic (exact) mass is 323 g/mol. The molecule has 0 spiro atoms. The summed E-state index contributed by atoms with van der Waals surface area (Å²) in [6.07, 6.45) is 4.20. The van der Waals surface area contributed by atoms with E-state index in [1.807, 2.05) is 6.07 Å². The number of hydrogen-bond acceptors (Lipinski definition) is 2. The normalized spacial score (nSPS) is 22.2. The molecule has 1 N–H and O–H groups in total. The van der Waals surface area contributed by atoms with Crippen molar-refractivity contribution in [1.29, 1.82) is 0 Å². The number of nitrogens with one attached hydrogen (secondary N) is 1. The Morgan fingerprint density at radius 3 is 2.36 bits per heavy atom. The van der Waals surface area contributed by atoms with Gasteiger partial charge in [-0.3, -0.25) is 4.79 Å². The van der Waals surface area contributed by atoms with Crippen LogP contribution in [0.5, 0.6) is 5.75 Å². The molecule has 0 radical (unpaired) electrons. The lowest BCUT2D eigenvalue weighted by atomic mass is 9.69. The summed E-state index contributed by atoms with van der Waals surface area (Å²) >= 11 is 6.09. The van der Waals surface area contributed by atoms with E-state index in [0.717, 1.165) is 31.4 Å². The molecule has 0 aromatic heterocycles. The molecule has 0 unspecified atom stereocenters. The van der Waals surface area contributed by atoms with E-state index in [1.165, 1.54) is 0 Å². The van der Waals surface area contributed by atoms with Crippen LogP contribution < -0.4 is 10.1 Å². The maximum atomic E-state index is 12.4. The predicted molar refractivity (Wildman–Crippen MR) is 91.5 cm³/mol. The van der Waals surface area contributed by atoms with Gasteiger partial charge in [-0.05, 0) is 55.2 Å². The Hall–Kier alpha value is -1.22. The van der Waals surface area contributed by atoms with Crippen LogP contribution in [0.2, 0.25) is 5.02 Å². The van der Waals surface area contributed by atoms with Crippen molar-refractivity contribution < 1.29 is 9.53 Å². The first kappa shape index (κ1) is 17.1. The standard InChI is InChI=1S/C18H26ClNO2/c1-18(2,3)13-7-5-12(6-8-13)17(21)20-14-9-10-16(22-4)15(19)11-14/h9-13H,5-8H2,1-4H3,(H,20,21). The van der Waals surface area contributed by atoms with Crippen molar-refractivity contribution in [3.8, 4) is 5.75 Å². The van der Waals surface area contributed by atoms with Crippen LogP contribution in [0.3, 0.4) is 0 Å². The lowest BCUT2D eigenvalue weighted by molar-refractivity contribution is -0.121. The zero-order valence-electron chi connectivity index (χ0n) is 13.9. The van der Waals surface area contributed by atoms with Gasteiger partial charge in [0.05, 0.1) is 12.1 Å². The molecule has 22 heavy (non-hydrogen) atoms. The predicted octanol–water partition coefficient (Wildman–Crippen LogP) is 5.14. The SMILES string of the molecule is COc1ccc(NC(=O)C2CCC(C(C)(C)C)CC2)cc1Cl. The molecule has 3 nitrogen and oxygen atoms in total. The summed E-state index contributed by atoms with van der Waals surface area (Å²) in [5.74, 6) is 1.55. The maximum absolute atomic E-state index is 12.4. The first-order chi connectivity index (χ1) is 10.3. The second-order valence-corrected chi connectivity index (χ2v) is 7.66. The number of rotatable bonds is 3. The highest BCUT2D eigenvalue weighted by molar-refractivity contribution is 6.32. The largest absolute Gasteiger partial charge is 0.495 e. The smallest absolute Gasteiger partial charge is 0.227 e. The topological polar surface area (TPSA) is 38.3 Å². The zero-order chi connectivity index (χ0) is 16.3. The van der Waals surface area contributed by atoms with Crippen LogP contribution in [0.25, 0.3) is 0 Å². The Morgan fingerprint density at radius 1 is 1.23 bits per heavy atom. The van der Waals surface area contributed by atoms with Crippen LogP contribution in [0, 0.1) is 17.3 Å². The second kappa shape index (κ2) is 6.91. The van der Waals surface area contributed by atoms with Gasteiger partial charge in [0.1, 0.15) is 5.75 Å². The molecule has 0 aliphatic heterocycles. The molecule has 2 rings (SSSR count). The van der Waals surface area contributed by atoms with Crippen LogP contribution >= 0.6 is 11.6 Å². The van der Waals surface area contributed by atoms with Crippen molar-refractivity contribution in [2.24, 2.45) is 17.3 Å². The molecule has 0 heterocycles. The van der Waals surface area contributed by atoms with Crippen LogP contribution in [-0.2, 0) is 4.79 Å². The quantitative estimate of drug-likeness (QED) is 0.836.